The van der Waals surface area contributed by atoms with Crippen molar-refractivity contribution < 1.29 is 33.2 Å². The maximum absolute atomic E-state index is 13.7. The molecule has 0 aliphatic carbocycles. The fourth-order valence-electron chi connectivity index (χ4n) is 2.47. The van der Waals surface area contributed by atoms with Crippen molar-refractivity contribution in [2.45, 2.75) is 26.3 Å². The van der Waals surface area contributed by atoms with Crippen molar-refractivity contribution in [3.8, 4) is 5.75 Å². The van der Waals surface area contributed by atoms with E-state index in [1.807, 2.05) is 6.92 Å². The van der Waals surface area contributed by atoms with Gasteiger partial charge in [0.15, 0.2) is 0 Å². The first-order valence-electron chi connectivity index (χ1n) is 7.50. The number of aryl methyl sites for hydroxylation is 3. The van der Waals surface area contributed by atoms with E-state index in [9.17, 15) is 26.0 Å². The second-order valence-corrected chi connectivity index (χ2v) is 12.0. The van der Waals surface area contributed by atoms with E-state index in [0.29, 0.717) is 14.7 Å². The third-order valence-electron chi connectivity index (χ3n) is 3.49. The monoisotopic (exact) mass is 520 g/mol. The van der Waals surface area contributed by atoms with Gasteiger partial charge >= 0.3 is 163 Å². The van der Waals surface area contributed by atoms with Crippen molar-refractivity contribution in [3.05, 3.63) is 60.0 Å². The van der Waals surface area contributed by atoms with E-state index in [1.54, 1.807) is 26.0 Å². The van der Waals surface area contributed by atoms with Crippen LogP contribution < -0.4 is 4.74 Å². The molecule has 0 N–H and O–H groups in total. The van der Waals surface area contributed by atoms with Gasteiger partial charge in [-0.1, -0.05) is 0 Å². The molecular formula is C17H17F4IO4S. The van der Waals surface area contributed by atoms with Crippen LogP contribution in [0.3, 0.4) is 0 Å². The van der Waals surface area contributed by atoms with E-state index < -0.39 is 41.7 Å². The van der Waals surface area contributed by atoms with Gasteiger partial charge in [0.25, 0.3) is 0 Å². The molecule has 0 unspecified atom stereocenters. The van der Waals surface area contributed by atoms with Gasteiger partial charge in [0, 0.05) is 0 Å². The number of ether oxygens (including phenoxy) is 1. The first-order chi connectivity index (χ1) is 12.4. The molecule has 150 valence electrons. The van der Waals surface area contributed by atoms with Gasteiger partial charge in [0.2, 0.25) is 0 Å². The molecule has 0 bridgehead atoms. The molecule has 0 radical (unpaired) electrons. The van der Waals surface area contributed by atoms with Gasteiger partial charge in [-0.15, -0.1) is 0 Å². The molecule has 2 aromatic carbocycles. The van der Waals surface area contributed by atoms with Crippen molar-refractivity contribution in [2.24, 2.45) is 0 Å². The number of rotatable bonds is 5. The summed E-state index contributed by atoms with van der Waals surface area (Å²) in [5, 5.41) is 0. The van der Waals surface area contributed by atoms with Crippen molar-refractivity contribution in [3.63, 3.8) is 0 Å². The van der Waals surface area contributed by atoms with Crippen molar-refractivity contribution in [1.29, 1.82) is 0 Å². The van der Waals surface area contributed by atoms with Crippen molar-refractivity contribution in [2.75, 3.05) is 7.11 Å². The summed E-state index contributed by atoms with van der Waals surface area (Å²) in [6.07, 6.45) is 0. The average Bonchev–Trinajstić information content (AvgIpc) is 2.52. The Morgan fingerprint density at radius 3 is 2.04 bits per heavy atom. The molecular weight excluding hydrogens is 503 g/mol. The number of hydrogen-bond acceptors (Lipinski definition) is 4. The summed E-state index contributed by atoms with van der Waals surface area (Å²) in [5.41, 5.74) is -3.46. The normalized spacial score (nSPS) is 12.8. The minimum absolute atomic E-state index is 0.167. The summed E-state index contributed by atoms with van der Waals surface area (Å²) in [6.45, 7) is 5.16. The van der Waals surface area contributed by atoms with Gasteiger partial charge in [-0.3, -0.25) is 0 Å². The van der Waals surface area contributed by atoms with Crippen molar-refractivity contribution in [1.82, 2.24) is 0 Å². The number of benzene rings is 2. The van der Waals surface area contributed by atoms with E-state index in [-0.39, 0.29) is 9.32 Å². The van der Waals surface area contributed by atoms with E-state index >= 15 is 0 Å². The predicted octanol–water partition coefficient (Wildman–Crippen LogP) is 5.09. The van der Waals surface area contributed by atoms with Crippen LogP contribution in [-0.4, -0.2) is 21.0 Å². The molecule has 4 nitrogen and oxygen atoms in total. The zero-order valence-corrected chi connectivity index (χ0v) is 17.8. The molecule has 0 saturated heterocycles. The van der Waals surface area contributed by atoms with Crippen LogP contribution in [0.4, 0.5) is 17.6 Å². The molecule has 0 aromatic heterocycles. The van der Waals surface area contributed by atoms with E-state index in [1.165, 1.54) is 19.2 Å². The van der Waals surface area contributed by atoms with Crippen LogP contribution in [0.2, 0.25) is 0 Å². The minimum atomic E-state index is -5.83. The molecule has 27 heavy (non-hydrogen) atoms. The summed E-state index contributed by atoms with van der Waals surface area (Å²) in [5.74, 6) is -0.918. The zero-order valence-electron chi connectivity index (χ0n) is 14.8. The van der Waals surface area contributed by atoms with E-state index in [2.05, 4.69) is 0 Å². The summed E-state index contributed by atoms with van der Waals surface area (Å²) >= 11 is -3.62. The Kier molecular flexibility index (Phi) is 6.42. The second-order valence-electron chi connectivity index (χ2n) is 5.70. The van der Waals surface area contributed by atoms with Crippen LogP contribution in [0.15, 0.2) is 30.3 Å². The summed E-state index contributed by atoms with van der Waals surface area (Å²) in [7, 11) is -4.63. The van der Waals surface area contributed by atoms with Gasteiger partial charge in [-0.05, 0) is 0 Å². The summed E-state index contributed by atoms with van der Waals surface area (Å²) in [4.78, 5) is 0. The Bertz CT molecular complexity index is 935. The molecule has 0 atom stereocenters. The summed E-state index contributed by atoms with van der Waals surface area (Å²) < 4.78 is 86.1. The fourth-order valence-corrected chi connectivity index (χ4v) is 9.59. The maximum atomic E-state index is 13.7. The third-order valence-corrected chi connectivity index (χ3v) is 11.3. The van der Waals surface area contributed by atoms with Crippen LogP contribution in [0.1, 0.15) is 16.7 Å². The van der Waals surface area contributed by atoms with Gasteiger partial charge in [0.1, 0.15) is 0 Å². The van der Waals surface area contributed by atoms with Crippen LogP contribution in [0.25, 0.3) is 0 Å². The first-order valence-corrected chi connectivity index (χ1v) is 11.9. The predicted molar refractivity (Wildman–Crippen MR) is 101 cm³/mol. The molecule has 0 aliphatic rings. The Morgan fingerprint density at radius 1 is 1.00 bits per heavy atom. The van der Waals surface area contributed by atoms with Crippen LogP contribution in [-0.2, 0) is 12.6 Å². The number of hydrogen-bond donors (Lipinski definition) is 0. The van der Waals surface area contributed by atoms with Crippen LogP contribution >= 0.6 is 20.2 Å². The standard InChI is InChI=1S/C17H17F4IO4S/c1-10-7-11(2)16(12(3)8-10)22(26-27(23,24)17(19,20)21)13-5-6-14(18)15(9-13)25-4/h5-9H,1-4H3. The summed E-state index contributed by atoms with van der Waals surface area (Å²) in [6, 6.07) is 6.90. The Morgan fingerprint density at radius 2 is 1.56 bits per heavy atom. The Hall–Kier alpha value is -1.40. The second kappa shape index (κ2) is 7.92. The average molecular weight is 520 g/mol. The molecule has 0 aliphatic heterocycles. The molecule has 10 heteroatoms. The molecule has 0 amide bonds. The molecule has 0 saturated carbocycles. The van der Waals surface area contributed by atoms with Crippen LogP contribution in [0, 0.1) is 33.7 Å². The van der Waals surface area contributed by atoms with Crippen LogP contribution in [0.5, 0.6) is 5.75 Å². The fraction of sp³-hybridized carbons (Fsp3) is 0.294. The molecule has 0 heterocycles. The van der Waals surface area contributed by atoms with Gasteiger partial charge in [-0.2, -0.15) is 0 Å². The zero-order chi connectivity index (χ0) is 20.6. The Labute approximate surface area is 162 Å². The molecule has 2 aromatic rings. The SMILES string of the molecule is COc1cc(I(OS(=O)(=O)C(F)(F)F)c2c(C)cc(C)cc2C)ccc1F. The van der Waals surface area contributed by atoms with E-state index in [4.69, 9.17) is 7.25 Å². The number of alkyl halides is 3. The quantitative estimate of drug-likeness (QED) is 0.314. The molecule has 0 fully saturated rings. The topological polar surface area (TPSA) is 52.6 Å². The Balaban J connectivity index is 2.71. The van der Waals surface area contributed by atoms with Gasteiger partial charge < -0.3 is 0 Å². The molecule has 0 spiro atoms. The third kappa shape index (κ3) is 4.72. The van der Waals surface area contributed by atoms with Gasteiger partial charge in [0.05, 0.1) is 0 Å². The first kappa shape index (κ1) is 21.9. The van der Waals surface area contributed by atoms with E-state index in [0.717, 1.165) is 11.6 Å². The molecule has 2 rings (SSSR count). The van der Waals surface area contributed by atoms with Crippen molar-refractivity contribution >= 4 is 30.4 Å². The van der Waals surface area contributed by atoms with Gasteiger partial charge in [-0.25, -0.2) is 0 Å². The number of halogens is 5. The number of methoxy groups -OCH3 is 1.